The number of nitrogens with zero attached hydrogens (tertiary/aromatic N) is 6. The Balaban J connectivity index is 1.40. The van der Waals surface area contributed by atoms with Crippen molar-refractivity contribution in [3.63, 3.8) is 0 Å². The highest BCUT2D eigenvalue weighted by molar-refractivity contribution is 5.90. The maximum atomic E-state index is 13.5. The van der Waals surface area contributed by atoms with Gasteiger partial charge in [-0.1, -0.05) is 6.07 Å². The van der Waals surface area contributed by atoms with Crippen molar-refractivity contribution in [2.45, 2.75) is 12.5 Å². The molecule has 0 bridgehead atoms. The standard InChI is InChI=1S/C22H17N7O4/c1-31-12-5-6-16-15(10-12)26-20(32-16)18-17-13(24-11-25-17)7-9-29(18)22(30)21-28-27-19(33-21)14-4-2-3-8-23-14/h2-6,8,10-11,18H,7,9H2,1H3,(H,24,25)/t18-/m0/s1. The lowest BCUT2D eigenvalue weighted by atomic mass is 10.0. The van der Waals surface area contributed by atoms with Crippen LogP contribution in [0.25, 0.3) is 22.7 Å². The molecule has 0 fully saturated rings. The first-order chi connectivity index (χ1) is 16.2. The van der Waals surface area contributed by atoms with Crippen LogP contribution in [0.4, 0.5) is 0 Å². The van der Waals surface area contributed by atoms with Gasteiger partial charge in [0, 0.05) is 30.9 Å². The molecule has 11 heteroatoms. The number of hydrogen-bond acceptors (Lipinski definition) is 9. The molecular formula is C22H17N7O4. The summed E-state index contributed by atoms with van der Waals surface area (Å²) < 4.78 is 17.0. The van der Waals surface area contributed by atoms with Crippen LogP contribution in [-0.2, 0) is 6.42 Å². The van der Waals surface area contributed by atoms with E-state index in [1.165, 1.54) is 0 Å². The second-order valence-corrected chi connectivity index (χ2v) is 7.43. The number of carbonyl (C=O) groups is 1. The number of nitrogens with one attached hydrogen (secondary N) is 1. The molecule has 1 atom stereocenters. The molecule has 0 saturated heterocycles. The second kappa shape index (κ2) is 7.55. The summed E-state index contributed by atoms with van der Waals surface area (Å²) >= 11 is 0. The smallest absolute Gasteiger partial charge is 0.312 e. The van der Waals surface area contributed by atoms with Gasteiger partial charge in [-0.25, -0.2) is 9.97 Å². The number of hydrogen-bond donors (Lipinski definition) is 1. The van der Waals surface area contributed by atoms with Gasteiger partial charge >= 0.3 is 11.8 Å². The van der Waals surface area contributed by atoms with Crippen LogP contribution in [0.3, 0.4) is 0 Å². The molecule has 6 rings (SSSR count). The molecule has 0 saturated carbocycles. The van der Waals surface area contributed by atoms with Crippen molar-refractivity contribution in [3.05, 3.63) is 72.1 Å². The number of fused-ring (bicyclic) bond motifs is 2. The number of pyridine rings is 1. The van der Waals surface area contributed by atoms with Crippen molar-refractivity contribution in [1.29, 1.82) is 0 Å². The highest BCUT2D eigenvalue weighted by Gasteiger charge is 2.39. The lowest BCUT2D eigenvalue weighted by Gasteiger charge is -2.31. The van der Waals surface area contributed by atoms with E-state index in [0.29, 0.717) is 47.1 Å². The largest absolute Gasteiger partial charge is 0.497 e. The number of ether oxygens (including phenoxy) is 1. The van der Waals surface area contributed by atoms with Crippen LogP contribution in [0, 0.1) is 0 Å². The van der Waals surface area contributed by atoms with Gasteiger partial charge in [-0.3, -0.25) is 9.78 Å². The quantitative estimate of drug-likeness (QED) is 0.444. The van der Waals surface area contributed by atoms with E-state index in [2.05, 4.69) is 30.1 Å². The van der Waals surface area contributed by atoms with E-state index in [4.69, 9.17) is 13.6 Å². The summed E-state index contributed by atoms with van der Waals surface area (Å²) in [6.45, 7) is 0.391. The Labute approximate surface area is 186 Å². The molecule has 164 valence electrons. The van der Waals surface area contributed by atoms with E-state index >= 15 is 0 Å². The average Bonchev–Trinajstić information content (AvgIpc) is 3.62. The molecule has 1 amide bonds. The number of methoxy groups -OCH3 is 1. The van der Waals surface area contributed by atoms with Crippen molar-refractivity contribution >= 4 is 17.0 Å². The molecular weight excluding hydrogens is 426 g/mol. The highest BCUT2D eigenvalue weighted by atomic mass is 16.5. The van der Waals surface area contributed by atoms with Gasteiger partial charge in [0.1, 0.15) is 17.0 Å². The Kier molecular flexibility index (Phi) is 4.39. The Morgan fingerprint density at radius 2 is 2.12 bits per heavy atom. The molecule has 4 aromatic heterocycles. The lowest BCUT2D eigenvalue weighted by molar-refractivity contribution is 0.0627. The first kappa shape index (κ1) is 19.2. The van der Waals surface area contributed by atoms with Gasteiger partial charge in [-0.05, 0) is 24.3 Å². The molecule has 5 heterocycles. The number of aromatic amines is 1. The van der Waals surface area contributed by atoms with Crippen LogP contribution in [0.5, 0.6) is 5.75 Å². The van der Waals surface area contributed by atoms with E-state index < -0.39 is 11.9 Å². The zero-order chi connectivity index (χ0) is 22.4. The Morgan fingerprint density at radius 3 is 2.97 bits per heavy atom. The molecule has 5 aromatic rings. The topological polar surface area (TPSA) is 136 Å². The van der Waals surface area contributed by atoms with Crippen LogP contribution >= 0.6 is 0 Å². The minimum absolute atomic E-state index is 0.141. The Morgan fingerprint density at radius 1 is 1.18 bits per heavy atom. The Hall–Kier alpha value is -4.54. The van der Waals surface area contributed by atoms with Gasteiger partial charge in [-0.15, -0.1) is 10.2 Å². The average molecular weight is 443 g/mol. The minimum Gasteiger partial charge on any atom is -0.497 e. The van der Waals surface area contributed by atoms with Crippen molar-refractivity contribution in [2.24, 2.45) is 0 Å². The summed E-state index contributed by atoms with van der Waals surface area (Å²) in [5, 5.41) is 7.95. The zero-order valence-electron chi connectivity index (χ0n) is 17.4. The molecule has 33 heavy (non-hydrogen) atoms. The molecule has 0 aliphatic carbocycles. The van der Waals surface area contributed by atoms with E-state index in [9.17, 15) is 4.79 Å². The normalized spacial score (nSPS) is 15.5. The van der Waals surface area contributed by atoms with Crippen LogP contribution in [-0.4, -0.2) is 54.6 Å². The van der Waals surface area contributed by atoms with Gasteiger partial charge < -0.3 is 23.5 Å². The summed E-state index contributed by atoms with van der Waals surface area (Å²) in [4.78, 5) is 31.4. The summed E-state index contributed by atoms with van der Waals surface area (Å²) in [6.07, 6.45) is 3.80. The maximum absolute atomic E-state index is 13.5. The second-order valence-electron chi connectivity index (χ2n) is 7.43. The van der Waals surface area contributed by atoms with Crippen molar-refractivity contribution in [3.8, 4) is 17.3 Å². The fourth-order valence-electron chi connectivity index (χ4n) is 3.94. The van der Waals surface area contributed by atoms with Crippen LogP contribution in [0.2, 0.25) is 0 Å². The number of benzene rings is 1. The van der Waals surface area contributed by atoms with E-state index in [-0.39, 0.29) is 11.8 Å². The molecule has 1 aliphatic heterocycles. The molecule has 1 aromatic carbocycles. The number of H-pyrrole nitrogens is 1. The van der Waals surface area contributed by atoms with Gasteiger partial charge in [0.25, 0.3) is 5.89 Å². The molecule has 0 unspecified atom stereocenters. The van der Waals surface area contributed by atoms with Gasteiger partial charge in [0.05, 0.1) is 19.1 Å². The Bertz CT molecular complexity index is 1460. The SMILES string of the molecule is COc1ccc2oc([C@@H]3c4nc[nH]c4CCN3C(=O)c3nnc(-c4ccccn4)o3)nc2c1. The monoisotopic (exact) mass is 443 g/mol. The fourth-order valence-corrected chi connectivity index (χ4v) is 3.94. The number of carbonyl (C=O) groups excluding carboxylic acids is 1. The van der Waals surface area contributed by atoms with E-state index in [1.54, 1.807) is 60.9 Å². The molecule has 1 aliphatic rings. The third-order valence-corrected chi connectivity index (χ3v) is 5.52. The lowest BCUT2D eigenvalue weighted by Crippen LogP contribution is -2.41. The first-order valence-corrected chi connectivity index (χ1v) is 10.2. The van der Waals surface area contributed by atoms with Gasteiger partial charge in [0.2, 0.25) is 5.89 Å². The number of amides is 1. The van der Waals surface area contributed by atoms with Crippen molar-refractivity contribution in [2.75, 3.05) is 13.7 Å². The fraction of sp³-hybridized carbons (Fsp3) is 0.182. The third-order valence-electron chi connectivity index (χ3n) is 5.52. The molecule has 1 N–H and O–H groups in total. The minimum atomic E-state index is -0.656. The highest BCUT2D eigenvalue weighted by Crippen LogP contribution is 2.36. The summed E-state index contributed by atoms with van der Waals surface area (Å²) in [5.41, 5.74) is 3.27. The van der Waals surface area contributed by atoms with E-state index in [1.807, 2.05) is 0 Å². The third kappa shape index (κ3) is 3.21. The zero-order valence-corrected chi connectivity index (χ0v) is 17.4. The van der Waals surface area contributed by atoms with Crippen LogP contribution in [0.15, 0.2) is 57.8 Å². The summed E-state index contributed by atoms with van der Waals surface area (Å²) in [6, 6.07) is 10.0. The number of oxazole rings is 1. The summed E-state index contributed by atoms with van der Waals surface area (Å²) in [7, 11) is 1.59. The number of imidazole rings is 1. The van der Waals surface area contributed by atoms with Gasteiger partial charge in [-0.2, -0.15) is 0 Å². The van der Waals surface area contributed by atoms with Crippen LogP contribution in [0.1, 0.15) is 34.0 Å². The maximum Gasteiger partial charge on any atom is 0.312 e. The number of aromatic nitrogens is 6. The molecule has 11 nitrogen and oxygen atoms in total. The van der Waals surface area contributed by atoms with Gasteiger partial charge in [0.15, 0.2) is 11.6 Å². The molecule has 0 radical (unpaired) electrons. The number of rotatable bonds is 4. The predicted molar refractivity (Wildman–Crippen MR) is 113 cm³/mol. The van der Waals surface area contributed by atoms with Crippen molar-refractivity contribution in [1.82, 2.24) is 35.0 Å². The van der Waals surface area contributed by atoms with E-state index in [0.717, 1.165) is 5.69 Å². The van der Waals surface area contributed by atoms with Crippen LogP contribution < -0.4 is 4.74 Å². The van der Waals surface area contributed by atoms with Crippen molar-refractivity contribution < 1.29 is 18.4 Å². The summed E-state index contributed by atoms with van der Waals surface area (Å²) in [5.74, 6) is 0.582. The predicted octanol–water partition coefficient (Wildman–Crippen LogP) is 2.79. The molecule has 0 spiro atoms. The first-order valence-electron chi connectivity index (χ1n) is 10.2.